The van der Waals surface area contributed by atoms with E-state index in [1.54, 1.807) is 6.07 Å². The van der Waals surface area contributed by atoms with E-state index in [1.807, 2.05) is 41.6 Å². The molecule has 6 heteroatoms. The van der Waals surface area contributed by atoms with Crippen molar-refractivity contribution >= 4 is 45.7 Å². The number of halogens is 2. The van der Waals surface area contributed by atoms with Crippen LogP contribution in [0.25, 0.3) is 0 Å². The van der Waals surface area contributed by atoms with Crippen molar-refractivity contribution in [2.75, 3.05) is 5.32 Å². The van der Waals surface area contributed by atoms with Crippen LogP contribution in [0.4, 0.5) is 11.5 Å². The van der Waals surface area contributed by atoms with Crippen molar-refractivity contribution in [1.82, 2.24) is 9.97 Å². The summed E-state index contributed by atoms with van der Waals surface area (Å²) in [7, 11) is 0. The Morgan fingerprint density at radius 3 is 3.00 bits per heavy atom. The highest BCUT2D eigenvalue weighted by atomic mass is 127. The quantitative estimate of drug-likeness (QED) is 0.808. The van der Waals surface area contributed by atoms with Crippen LogP contribution >= 0.6 is 34.2 Å². The molecule has 0 atom stereocenters. The van der Waals surface area contributed by atoms with E-state index in [4.69, 9.17) is 11.6 Å². The Bertz CT molecular complexity index is 612. The van der Waals surface area contributed by atoms with Gasteiger partial charge in [0.15, 0.2) is 5.82 Å². The Hall–Kier alpha value is -1.08. The lowest BCUT2D eigenvalue weighted by molar-refractivity contribution is 1.10. The maximum Gasteiger partial charge on any atom is 0.266 e. The van der Waals surface area contributed by atoms with Crippen molar-refractivity contribution in [3.05, 3.63) is 49.0 Å². The summed E-state index contributed by atoms with van der Waals surface area (Å²) in [5.74, 6) is 0.502. The molecule has 0 aliphatic carbocycles. The highest BCUT2D eigenvalue weighted by Gasteiger charge is 2.07. The molecule has 0 radical (unpaired) electrons. The fraction of sp³-hybridized carbons (Fsp3) is 0.0909. The molecule has 2 rings (SSSR count). The van der Waals surface area contributed by atoms with Gasteiger partial charge in [-0.25, -0.2) is 4.98 Å². The second-order valence-electron chi connectivity index (χ2n) is 3.50. The van der Waals surface area contributed by atoms with Crippen LogP contribution in [0.15, 0.2) is 29.3 Å². The van der Waals surface area contributed by atoms with Gasteiger partial charge in [0, 0.05) is 0 Å². The van der Waals surface area contributed by atoms with E-state index < -0.39 is 0 Å². The number of hydrogen-bond acceptors (Lipinski definition) is 3. The molecule has 2 aromatic rings. The summed E-state index contributed by atoms with van der Waals surface area (Å²) in [4.78, 5) is 18.0. The maximum atomic E-state index is 11.4. The molecule has 0 fully saturated rings. The Morgan fingerprint density at radius 1 is 1.47 bits per heavy atom. The number of H-pyrrole nitrogens is 1. The van der Waals surface area contributed by atoms with Crippen molar-refractivity contribution in [3.63, 3.8) is 0 Å². The van der Waals surface area contributed by atoms with Crippen LogP contribution in [0.1, 0.15) is 5.56 Å². The van der Waals surface area contributed by atoms with Gasteiger partial charge >= 0.3 is 0 Å². The normalized spacial score (nSPS) is 10.3. The molecule has 0 aliphatic heterocycles. The van der Waals surface area contributed by atoms with Gasteiger partial charge in [-0.15, -0.1) is 0 Å². The largest absolute Gasteiger partial charge is 0.338 e. The molecule has 0 spiro atoms. The first-order chi connectivity index (χ1) is 8.08. The van der Waals surface area contributed by atoms with Gasteiger partial charge in [-0.2, -0.15) is 0 Å². The van der Waals surface area contributed by atoms with Crippen molar-refractivity contribution in [2.24, 2.45) is 0 Å². The number of nitrogens with one attached hydrogen (secondary N) is 2. The zero-order valence-corrected chi connectivity index (χ0v) is 11.8. The Balaban J connectivity index is 2.41. The van der Waals surface area contributed by atoms with Gasteiger partial charge in [-0.05, 0) is 47.2 Å². The summed E-state index contributed by atoms with van der Waals surface area (Å²) >= 11 is 8.00. The monoisotopic (exact) mass is 361 g/mol. The summed E-state index contributed by atoms with van der Waals surface area (Å²) in [5, 5.41) is 3.64. The van der Waals surface area contributed by atoms with E-state index in [9.17, 15) is 4.79 Å². The van der Waals surface area contributed by atoms with Crippen LogP contribution in [-0.2, 0) is 0 Å². The number of rotatable bonds is 2. The molecular formula is C11H9ClIN3O. The summed E-state index contributed by atoms with van der Waals surface area (Å²) in [5.41, 5.74) is 1.64. The Kier molecular flexibility index (Phi) is 3.68. The van der Waals surface area contributed by atoms with Crippen molar-refractivity contribution in [2.45, 2.75) is 6.92 Å². The zero-order valence-electron chi connectivity index (χ0n) is 8.92. The van der Waals surface area contributed by atoms with E-state index in [-0.39, 0.29) is 5.56 Å². The minimum Gasteiger partial charge on any atom is -0.338 e. The zero-order chi connectivity index (χ0) is 12.4. The van der Waals surface area contributed by atoms with Crippen LogP contribution in [0.2, 0.25) is 5.02 Å². The van der Waals surface area contributed by atoms with Crippen molar-refractivity contribution in [3.8, 4) is 0 Å². The van der Waals surface area contributed by atoms with Gasteiger partial charge in [0.1, 0.15) is 3.57 Å². The first-order valence-electron chi connectivity index (χ1n) is 4.84. The first kappa shape index (κ1) is 12.4. The lowest BCUT2D eigenvalue weighted by atomic mass is 10.2. The van der Waals surface area contributed by atoms with E-state index in [1.165, 1.54) is 6.33 Å². The van der Waals surface area contributed by atoms with E-state index in [0.717, 1.165) is 11.3 Å². The minimum absolute atomic E-state index is 0.174. The fourth-order valence-electron chi connectivity index (χ4n) is 1.33. The second-order valence-corrected chi connectivity index (χ2v) is 4.99. The Morgan fingerprint density at radius 2 is 2.24 bits per heavy atom. The van der Waals surface area contributed by atoms with Gasteiger partial charge in [-0.1, -0.05) is 17.7 Å². The molecule has 0 aliphatic rings. The standard InChI is InChI=1S/C11H9ClIN3O/c1-6-2-3-7(12)8(4-6)16-10-9(13)11(17)15-5-14-10/h2-5H,1H3,(H2,14,15,16,17). The number of aryl methyl sites for hydroxylation is 1. The number of hydrogen-bond donors (Lipinski definition) is 2. The summed E-state index contributed by atoms with van der Waals surface area (Å²) < 4.78 is 0.502. The average molecular weight is 362 g/mol. The molecule has 1 aromatic heterocycles. The van der Waals surface area contributed by atoms with Crippen LogP contribution in [0.5, 0.6) is 0 Å². The number of aromatic nitrogens is 2. The van der Waals surface area contributed by atoms with Crippen LogP contribution in [-0.4, -0.2) is 9.97 Å². The molecule has 88 valence electrons. The van der Waals surface area contributed by atoms with E-state index >= 15 is 0 Å². The molecule has 0 saturated carbocycles. The third kappa shape index (κ3) is 2.78. The second kappa shape index (κ2) is 5.05. The molecule has 1 aromatic carbocycles. The first-order valence-corrected chi connectivity index (χ1v) is 6.30. The number of anilines is 2. The summed E-state index contributed by atoms with van der Waals surface area (Å²) in [6.45, 7) is 1.97. The topological polar surface area (TPSA) is 57.8 Å². The SMILES string of the molecule is Cc1ccc(Cl)c(Nc2nc[nH]c(=O)c2I)c1. The average Bonchev–Trinajstić information content (AvgIpc) is 2.30. The number of aromatic amines is 1. The molecule has 0 saturated heterocycles. The summed E-state index contributed by atoms with van der Waals surface area (Å²) in [6.07, 6.45) is 1.36. The van der Waals surface area contributed by atoms with E-state index in [2.05, 4.69) is 15.3 Å². The molecule has 1 heterocycles. The maximum absolute atomic E-state index is 11.4. The van der Waals surface area contributed by atoms with Crippen LogP contribution in [0, 0.1) is 10.5 Å². The van der Waals surface area contributed by atoms with Crippen LogP contribution in [0.3, 0.4) is 0 Å². The smallest absolute Gasteiger partial charge is 0.266 e. The molecule has 4 nitrogen and oxygen atoms in total. The van der Waals surface area contributed by atoms with Crippen molar-refractivity contribution in [1.29, 1.82) is 0 Å². The molecular weight excluding hydrogens is 352 g/mol. The molecule has 0 amide bonds. The highest BCUT2D eigenvalue weighted by molar-refractivity contribution is 14.1. The fourth-order valence-corrected chi connectivity index (χ4v) is 1.93. The summed E-state index contributed by atoms with van der Waals surface area (Å²) in [6, 6.07) is 5.63. The number of nitrogens with zero attached hydrogens (tertiary/aromatic N) is 1. The predicted molar refractivity (Wildman–Crippen MR) is 77.0 cm³/mol. The molecule has 0 unspecified atom stereocenters. The van der Waals surface area contributed by atoms with Gasteiger partial charge in [0.05, 0.1) is 17.0 Å². The molecule has 2 N–H and O–H groups in total. The Labute approximate surface area is 117 Å². The van der Waals surface area contributed by atoms with Gasteiger partial charge < -0.3 is 10.3 Å². The lowest BCUT2D eigenvalue weighted by Crippen LogP contribution is -2.13. The van der Waals surface area contributed by atoms with Gasteiger partial charge in [0.25, 0.3) is 5.56 Å². The third-order valence-corrected chi connectivity index (χ3v) is 3.50. The molecule has 17 heavy (non-hydrogen) atoms. The molecule has 0 bridgehead atoms. The van der Waals surface area contributed by atoms with Crippen LogP contribution < -0.4 is 10.9 Å². The third-order valence-electron chi connectivity index (χ3n) is 2.17. The highest BCUT2D eigenvalue weighted by Crippen LogP contribution is 2.26. The lowest BCUT2D eigenvalue weighted by Gasteiger charge is -2.09. The van der Waals surface area contributed by atoms with Crippen molar-refractivity contribution < 1.29 is 0 Å². The van der Waals surface area contributed by atoms with E-state index in [0.29, 0.717) is 14.4 Å². The number of benzene rings is 1. The van der Waals surface area contributed by atoms with Gasteiger partial charge in [-0.3, -0.25) is 4.79 Å². The minimum atomic E-state index is -0.174. The van der Waals surface area contributed by atoms with Gasteiger partial charge in [0.2, 0.25) is 0 Å². The predicted octanol–water partition coefficient (Wildman–Crippen LogP) is 3.08.